The van der Waals surface area contributed by atoms with E-state index < -0.39 is 17.2 Å². The quantitative estimate of drug-likeness (QED) is 0.202. The van der Waals surface area contributed by atoms with E-state index in [0.717, 1.165) is 45.2 Å². The number of aryl methyl sites for hydroxylation is 1. The number of fused-ring (bicyclic) bond motifs is 3. The van der Waals surface area contributed by atoms with Crippen molar-refractivity contribution in [3.05, 3.63) is 47.7 Å². The molecule has 0 radical (unpaired) electrons. The van der Waals surface area contributed by atoms with Gasteiger partial charge in [0.1, 0.15) is 34.2 Å². The largest absolute Gasteiger partial charge is 0.508 e. The molecule has 12 heteroatoms. The molecule has 7 rings (SSSR count). The molecular formula is C39H49F2N5O5. The van der Waals surface area contributed by atoms with Crippen LogP contribution in [-0.2, 0) is 15.9 Å². The van der Waals surface area contributed by atoms with Crippen LogP contribution in [0.3, 0.4) is 0 Å². The third-order valence-electron chi connectivity index (χ3n) is 11.2. The summed E-state index contributed by atoms with van der Waals surface area (Å²) in [6.07, 6.45) is 7.09. The molecule has 1 aliphatic carbocycles. The van der Waals surface area contributed by atoms with Gasteiger partial charge in [0.25, 0.3) is 0 Å². The summed E-state index contributed by atoms with van der Waals surface area (Å²) in [5, 5.41) is 23.1. The first kappa shape index (κ1) is 35.7. The highest BCUT2D eigenvalue weighted by atomic mass is 19.1. The number of phenolic OH excluding ortho intramolecular Hbond substituents is 1. The van der Waals surface area contributed by atoms with Crippen LogP contribution in [0, 0.1) is 17.0 Å². The first-order valence-corrected chi connectivity index (χ1v) is 18.1. The van der Waals surface area contributed by atoms with Crippen LogP contribution in [0.5, 0.6) is 11.8 Å². The summed E-state index contributed by atoms with van der Waals surface area (Å²) in [5.74, 6) is -0.857. The Labute approximate surface area is 297 Å². The third-order valence-corrected chi connectivity index (χ3v) is 11.2. The number of hydrogen-bond acceptors (Lipinski definition) is 10. The molecule has 2 aromatic heterocycles. The Morgan fingerprint density at radius 3 is 2.71 bits per heavy atom. The highest BCUT2D eigenvalue weighted by Crippen LogP contribution is 2.48. The van der Waals surface area contributed by atoms with E-state index in [1.807, 2.05) is 11.8 Å². The second-order valence-electron chi connectivity index (χ2n) is 15.6. The van der Waals surface area contributed by atoms with E-state index in [-0.39, 0.29) is 52.7 Å². The minimum Gasteiger partial charge on any atom is -0.508 e. The molecule has 10 nitrogen and oxygen atoms in total. The maximum absolute atomic E-state index is 17.1. The highest BCUT2D eigenvalue weighted by Gasteiger charge is 2.49. The molecule has 2 aromatic carbocycles. The first-order valence-electron chi connectivity index (χ1n) is 18.1. The van der Waals surface area contributed by atoms with Gasteiger partial charge in [0.05, 0.1) is 37.4 Å². The van der Waals surface area contributed by atoms with Crippen LogP contribution in [0.25, 0.3) is 32.9 Å². The third kappa shape index (κ3) is 6.83. The number of nitrogens with zero attached hydrogens (tertiary/aromatic N) is 5. The molecule has 4 heterocycles. The van der Waals surface area contributed by atoms with Crippen molar-refractivity contribution in [2.24, 2.45) is 5.41 Å². The molecule has 51 heavy (non-hydrogen) atoms. The van der Waals surface area contributed by atoms with Crippen molar-refractivity contribution >= 4 is 27.5 Å². The average Bonchev–Trinajstić information content (AvgIpc) is 3.45. The predicted molar refractivity (Wildman–Crippen MR) is 192 cm³/mol. The summed E-state index contributed by atoms with van der Waals surface area (Å²) in [6.45, 7) is 11.0. The monoisotopic (exact) mass is 705 g/mol. The molecule has 0 spiro atoms. The maximum atomic E-state index is 17.1. The summed E-state index contributed by atoms with van der Waals surface area (Å²) in [7, 11) is 1.75. The summed E-state index contributed by atoms with van der Waals surface area (Å²) in [5.41, 5.74) is -0.975. The zero-order valence-corrected chi connectivity index (χ0v) is 30.3. The van der Waals surface area contributed by atoms with Gasteiger partial charge in [-0.05, 0) is 94.0 Å². The molecule has 2 saturated heterocycles. The van der Waals surface area contributed by atoms with Gasteiger partial charge in [-0.1, -0.05) is 19.4 Å². The van der Waals surface area contributed by atoms with Gasteiger partial charge in [0.2, 0.25) is 0 Å². The lowest BCUT2D eigenvalue weighted by Gasteiger charge is -2.48. The highest BCUT2D eigenvalue weighted by molar-refractivity contribution is 6.01. The van der Waals surface area contributed by atoms with Gasteiger partial charge in [-0.3, -0.25) is 9.88 Å². The van der Waals surface area contributed by atoms with Crippen LogP contribution in [0.15, 0.2) is 30.5 Å². The van der Waals surface area contributed by atoms with Crippen LogP contribution in [0.2, 0.25) is 0 Å². The van der Waals surface area contributed by atoms with Crippen molar-refractivity contribution in [2.45, 2.75) is 83.5 Å². The number of aliphatic hydroxyl groups is 1. The Balaban J connectivity index is 1.33. The van der Waals surface area contributed by atoms with Crippen LogP contribution in [0.4, 0.5) is 14.6 Å². The number of aromatic nitrogens is 3. The molecule has 2 aliphatic heterocycles. The number of phenols is 1. The van der Waals surface area contributed by atoms with Gasteiger partial charge in [0, 0.05) is 43.4 Å². The van der Waals surface area contributed by atoms with E-state index in [1.54, 1.807) is 20.1 Å². The molecule has 0 amide bonds. The molecule has 3 atom stereocenters. The lowest BCUT2D eigenvalue weighted by molar-refractivity contribution is -0.0592. The molecule has 274 valence electrons. The number of pyridine rings is 1. The number of rotatable bonds is 9. The van der Waals surface area contributed by atoms with E-state index in [0.29, 0.717) is 59.8 Å². The zero-order chi connectivity index (χ0) is 36.1. The van der Waals surface area contributed by atoms with Crippen molar-refractivity contribution < 1.29 is 33.2 Å². The Bertz CT molecular complexity index is 1940. The number of hydrogen-bond donors (Lipinski definition) is 2. The van der Waals surface area contributed by atoms with Gasteiger partial charge in [0.15, 0.2) is 5.82 Å². The average molecular weight is 706 g/mol. The summed E-state index contributed by atoms with van der Waals surface area (Å²) >= 11 is 0. The number of aromatic hydroxyl groups is 1. The van der Waals surface area contributed by atoms with Crippen LogP contribution < -0.4 is 9.64 Å². The molecular weight excluding hydrogens is 656 g/mol. The Morgan fingerprint density at radius 1 is 1.12 bits per heavy atom. The second-order valence-corrected chi connectivity index (χ2v) is 15.6. The molecule has 4 aromatic rings. The number of β-amino-alcohol motifs (C(OH)–C–C–N with tert-alkyl or cyclic N) is 1. The molecule has 3 aliphatic rings. The number of piperidine rings is 1. The fourth-order valence-corrected chi connectivity index (χ4v) is 8.69. The number of ether oxygens (including phenoxy) is 3. The lowest BCUT2D eigenvalue weighted by Crippen LogP contribution is -2.55. The van der Waals surface area contributed by atoms with E-state index in [2.05, 4.69) is 28.7 Å². The van der Waals surface area contributed by atoms with E-state index in [4.69, 9.17) is 19.2 Å². The molecule has 1 saturated carbocycles. The fourth-order valence-electron chi connectivity index (χ4n) is 8.69. The van der Waals surface area contributed by atoms with Gasteiger partial charge < -0.3 is 29.3 Å². The van der Waals surface area contributed by atoms with Crippen LogP contribution in [-0.4, -0.2) is 100 Å². The summed E-state index contributed by atoms with van der Waals surface area (Å²) in [4.78, 5) is 18.5. The van der Waals surface area contributed by atoms with Crippen LogP contribution in [0.1, 0.15) is 65.4 Å². The molecule has 2 N–H and O–H groups in total. The minimum atomic E-state index is -1.18. The SMILES string of the molecule is CCc1c(F)ccc2cc(O)cc(-c3ncc4c(N5CCOC[C@@](C)(O)C5)nc(OCC56CCCC5N(CC(C)(C)OC)CCC6)nc4c3F)c12. The van der Waals surface area contributed by atoms with Crippen molar-refractivity contribution in [3.8, 4) is 23.0 Å². The predicted octanol–water partition coefficient (Wildman–Crippen LogP) is 6.42. The van der Waals surface area contributed by atoms with Crippen molar-refractivity contribution in [1.82, 2.24) is 19.9 Å². The van der Waals surface area contributed by atoms with Crippen molar-refractivity contribution in [1.29, 1.82) is 0 Å². The Kier molecular flexibility index (Phi) is 9.58. The first-order chi connectivity index (χ1) is 24.3. The molecule has 0 bridgehead atoms. The number of methoxy groups -OCH3 is 1. The maximum Gasteiger partial charge on any atom is 0.319 e. The van der Waals surface area contributed by atoms with Crippen molar-refractivity contribution in [3.63, 3.8) is 0 Å². The van der Waals surface area contributed by atoms with Crippen LogP contribution >= 0.6 is 0 Å². The van der Waals surface area contributed by atoms with Gasteiger partial charge in [-0.25, -0.2) is 8.78 Å². The standard InChI is InChI=1S/C39H49F2N5O5/c1-6-26-29(40)11-10-24-17-25(47)18-27(31(24)26)33-32(41)34-28(19-42-33)35(46-15-16-50-22-38(4,48)21-46)44-36(43-34)51-23-39-12-7-9-30(39)45(14-8-13-39)20-37(2,3)49-5/h10-11,17-19,30,47-48H,6-9,12-16,20-23H2,1-5H3/t30?,38-,39?/m0/s1. The number of halogens is 2. The summed E-state index contributed by atoms with van der Waals surface area (Å²) < 4.78 is 50.2. The van der Waals surface area contributed by atoms with Crippen molar-refractivity contribution in [2.75, 3.05) is 58.0 Å². The normalized spacial score (nSPS) is 24.6. The number of anilines is 1. The Hall–Kier alpha value is -3.71. The number of likely N-dealkylation sites (tertiary alicyclic amines) is 1. The lowest BCUT2D eigenvalue weighted by atomic mass is 9.75. The molecule has 3 fully saturated rings. The molecule has 2 unspecified atom stereocenters. The Morgan fingerprint density at radius 2 is 1.92 bits per heavy atom. The second kappa shape index (κ2) is 13.7. The van der Waals surface area contributed by atoms with Gasteiger partial charge in [-0.2, -0.15) is 9.97 Å². The van der Waals surface area contributed by atoms with E-state index >= 15 is 8.78 Å². The minimum absolute atomic E-state index is 0.0108. The topological polar surface area (TPSA) is 113 Å². The van der Waals surface area contributed by atoms with Gasteiger partial charge in [-0.15, -0.1) is 0 Å². The zero-order valence-electron chi connectivity index (χ0n) is 30.3. The fraction of sp³-hybridized carbons (Fsp3) is 0.564. The van der Waals surface area contributed by atoms with E-state index in [9.17, 15) is 10.2 Å². The number of benzene rings is 2. The summed E-state index contributed by atoms with van der Waals surface area (Å²) in [6, 6.07) is 6.24. The van der Waals surface area contributed by atoms with Gasteiger partial charge >= 0.3 is 6.01 Å². The smallest absolute Gasteiger partial charge is 0.319 e. The van der Waals surface area contributed by atoms with E-state index in [1.165, 1.54) is 24.4 Å².